The van der Waals surface area contributed by atoms with Crippen LogP contribution in [0.1, 0.15) is 5.56 Å². The summed E-state index contributed by atoms with van der Waals surface area (Å²) in [5.74, 6) is -1.39. The summed E-state index contributed by atoms with van der Waals surface area (Å²) in [6, 6.07) is 12.8. The number of hydrogen-bond acceptors (Lipinski definition) is 4. The minimum absolute atomic E-state index is 0.105. The van der Waals surface area contributed by atoms with Gasteiger partial charge in [-0.1, -0.05) is 23.7 Å². The van der Waals surface area contributed by atoms with E-state index in [1.807, 2.05) is 30.5 Å². The summed E-state index contributed by atoms with van der Waals surface area (Å²) in [6.07, 6.45) is 3.43. The van der Waals surface area contributed by atoms with E-state index in [2.05, 4.69) is 5.32 Å². The van der Waals surface area contributed by atoms with E-state index in [9.17, 15) is 14.4 Å². The van der Waals surface area contributed by atoms with Crippen LogP contribution in [-0.4, -0.2) is 24.1 Å². The first-order chi connectivity index (χ1) is 12.0. The molecule has 1 fully saturated rings. The molecule has 1 saturated heterocycles. The van der Waals surface area contributed by atoms with Gasteiger partial charge in [-0.15, -0.1) is 11.8 Å². The van der Waals surface area contributed by atoms with Crippen molar-refractivity contribution in [3.8, 4) is 0 Å². The molecule has 1 aliphatic heterocycles. The van der Waals surface area contributed by atoms with Crippen molar-refractivity contribution in [2.75, 3.05) is 11.2 Å². The van der Waals surface area contributed by atoms with Crippen molar-refractivity contribution in [2.24, 2.45) is 0 Å². The Bertz CT molecular complexity index is 876. The molecule has 0 unspecified atom stereocenters. The molecule has 0 aliphatic carbocycles. The number of urea groups is 1. The number of barbiturate groups is 1. The minimum Gasteiger partial charge on any atom is -0.273 e. The second-order valence-electron chi connectivity index (χ2n) is 5.21. The maximum absolute atomic E-state index is 12.7. The smallest absolute Gasteiger partial charge is 0.273 e. The number of nitrogens with one attached hydrogen (secondary N) is 1. The van der Waals surface area contributed by atoms with Crippen molar-refractivity contribution < 1.29 is 14.4 Å². The van der Waals surface area contributed by atoms with Gasteiger partial charge in [0.2, 0.25) is 0 Å². The summed E-state index contributed by atoms with van der Waals surface area (Å²) in [5.41, 5.74) is 0.927. The molecule has 25 heavy (non-hydrogen) atoms. The maximum atomic E-state index is 12.7. The number of carbonyl (C=O) groups is 3. The first-order valence-electron chi connectivity index (χ1n) is 7.30. The van der Waals surface area contributed by atoms with Gasteiger partial charge in [-0.3, -0.25) is 14.9 Å². The summed E-state index contributed by atoms with van der Waals surface area (Å²) in [5, 5.41) is 2.67. The van der Waals surface area contributed by atoms with Gasteiger partial charge in [-0.2, -0.15) is 0 Å². The summed E-state index contributed by atoms with van der Waals surface area (Å²) in [4.78, 5) is 38.9. The van der Waals surface area contributed by atoms with E-state index < -0.39 is 17.8 Å². The number of carbonyl (C=O) groups excluding carboxylic acids is 3. The van der Waals surface area contributed by atoms with Gasteiger partial charge in [0.05, 0.1) is 5.69 Å². The predicted octanol–water partition coefficient (Wildman–Crippen LogP) is 3.73. The lowest BCUT2D eigenvalue weighted by Gasteiger charge is -2.26. The van der Waals surface area contributed by atoms with Crippen LogP contribution in [0.15, 0.2) is 59.0 Å². The first-order valence-corrected chi connectivity index (χ1v) is 8.91. The average molecular weight is 373 g/mol. The molecule has 0 radical (unpaired) electrons. The van der Waals surface area contributed by atoms with Crippen LogP contribution in [0.25, 0.3) is 6.08 Å². The molecule has 126 valence electrons. The zero-order chi connectivity index (χ0) is 18.0. The van der Waals surface area contributed by atoms with Gasteiger partial charge in [0.25, 0.3) is 11.8 Å². The number of anilines is 1. The molecule has 2 aromatic rings. The molecule has 1 aliphatic rings. The molecule has 1 N–H and O–H groups in total. The average Bonchev–Trinajstić information content (AvgIpc) is 2.60. The highest BCUT2D eigenvalue weighted by Gasteiger charge is 2.36. The molecule has 5 nitrogen and oxygen atoms in total. The van der Waals surface area contributed by atoms with Crippen LogP contribution in [0.3, 0.4) is 0 Å². The third kappa shape index (κ3) is 3.60. The van der Waals surface area contributed by atoms with Crippen LogP contribution >= 0.6 is 23.4 Å². The lowest BCUT2D eigenvalue weighted by molar-refractivity contribution is -0.122. The van der Waals surface area contributed by atoms with Crippen molar-refractivity contribution in [1.29, 1.82) is 0 Å². The van der Waals surface area contributed by atoms with Gasteiger partial charge in [0.15, 0.2) is 0 Å². The zero-order valence-corrected chi connectivity index (χ0v) is 14.7. The zero-order valence-electron chi connectivity index (χ0n) is 13.2. The molecule has 0 saturated carbocycles. The van der Waals surface area contributed by atoms with Gasteiger partial charge in [-0.25, -0.2) is 9.69 Å². The first kappa shape index (κ1) is 17.3. The Balaban J connectivity index is 1.97. The van der Waals surface area contributed by atoms with Crippen molar-refractivity contribution in [1.82, 2.24) is 5.32 Å². The van der Waals surface area contributed by atoms with Gasteiger partial charge in [0.1, 0.15) is 5.57 Å². The molecule has 2 aromatic carbocycles. The monoisotopic (exact) mass is 372 g/mol. The van der Waals surface area contributed by atoms with Crippen LogP contribution in [0.5, 0.6) is 0 Å². The van der Waals surface area contributed by atoms with E-state index in [4.69, 9.17) is 11.6 Å². The van der Waals surface area contributed by atoms with Crippen molar-refractivity contribution >= 4 is 53.0 Å². The molecule has 1 heterocycles. The summed E-state index contributed by atoms with van der Waals surface area (Å²) < 4.78 is 0. The third-order valence-corrected chi connectivity index (χ3v) is 4.61. The molecule has 0 spiro atoms. The van der Waals surface area contributed by atoms with Gasteiger partial charge in [0, 0.05) is 9.92 Å². The fourth-order valence-electron chi connectivity index (χ4n) is 2.35. The van der Waals surface area contributed by atoms with E-state index in [0.29, 0.717) is 16.3 Å². The van der Waals surface area contributed by atoms with E-state index in [1.54, 1.807) is 36.0 Å². The molecule has 0 bridgehead atoms. The topological polar surface area (TPSA) is 66.5 Å². The van der Waals surface area contributed by atoms with E-state index >= 15 is 0 Å². The molecule has 7 heteroatoms. The van der Waals surface area contributed by atoms with Crippen molar-refractivity contribution in [3.05, 3.63) is 64.7 Å². The van der Waals surface area contributed by atoms with Crippen LogP contribution in [-0.2, 0) is 9.59 Å². The molecular formula is C18H13ClN2O3S. The van der Waals surface area contributed by atoms with Crippen LogP contribution in [0, 0.1) is 0 Å². The van der Waals surface area contributed by atoms with Crippen LogP contribution in [0.4, 0.5) is 10.5 Å². The summed E-state index contributed by atoms with van der Waals surface area (Å²) >= 11 is 7.43. The fourth-order valence-corrected chi connectivity index (χ4v) is 2.88. The van der Waals surface area contributed by atoms with Crippen molar-refractivity contribution in [3.63, 3.8) is 0 Å². The Morgan fingerprint density at radius 3 is 2.24 bits per heavy atom. The van der Waals surface area contributed by atoms with Crippen LogP contribution in [0.2, 0.25) is 5.02 Å². The highest BCUT2D eigenvalue weighted by molar-refractivity contribution is 7.98. The molecule has 0 aromatic heterocycles. The second-order valence-corrected chi connectivity index (χ2v) is 6.52. The Morgan fingerprint density at radius 1 is 1.00 bits per heavy atom. The number of amides is 4. The Morgan fingerprint density at radius 2 is 1.64 bits per heavy atom. The molecule has 0 atom stereocenters. The number of halogens is 1. The summed E-state index contributed by atoms with van der Waals surface area (Å²) in [7, 11) is 0. The largest absolute Gasteiger partial charge is 0.335 e. The lowest BCUT2D eigenvalue weighted by atomic mass is 10.1. The molecule has 4 amide bonds. The van der Waals surface area contributed by atoms with Gasteiger partial charge >= 0.3 is 6.03 Å². The molecule has 3 rings (SSSR count). The predicted molar refractivity (Wildman–Crippen MR) is 98.7 cm³/mol. The Hall–Kier alpha value is -2.57. The SMILES string of the molecule is CSc1ccc(C=C2C(=O)NC(=O)N(c3ccc(Cl)cc3)C2=O)cc1. The van der Waals surface area contributed by atoms with Crippen LogP contribution < -0.4 is 10.2 Å². The Kier molecular flexibility index (Phi) is 4.92. The highest BCUT2D eigenvalue weighted by atomic mass is 35.5. The lowest BCUT2D eigenvalue weighted by Crippen LogP contribution is -2.54. The number of hydrogen-bond donors (Lipinski definition) is 1. The highest BCUT2D eigenvalue weighted by Crippen LogP contribution is 2.24. The molecular weight excluding hydrogens is 360 g/mol. The third-order valence-electron chi connectivity index (χ3n) is 3.61. The Labute approximate surface area is 153 Å². The second kappa shape index (κ2) is 7.13. The van der Waals surface area contributed by atoms with Crippen molar-refractivity contribution in [2.45, 2.75) is 4.90 Å². The maximum Gasteiger partial charge on any atom is 0.335 e. The normalized spacial score (nSPS) is 16.3. The van der Waals surface area contributed by atoms with E-state index in [1.165, 1.54) is 6.08 Å². The number of rotatable bonds is 3. The number of thioether (sulfide) groups is 1. The van der Waals surface area contributed by atoms with Gasteiger partial charge < -0.3 is 0 Å². The van der Waals surface area contributed by atoms with E-state index in [0.717, 1.165) is 9.80 Å². The number of nitrogens with zero attached hydrogens (tertiary/aromatic N) is 1. The van der Waals surface area contributed by atoms with Gasteiger partial charge in [-0.05, 0) is 54.3 Å². The fraction of sp³-hybridized carbons (Fsp3) is 0.0556. The van der Waals surface area contributed by atoms with E-state index in [-0.39, 0.29) is 5.57 Å². The standard InChI is InChI=1S/C18H13ClN2O3S/c1-25-14-8-2-11(3-9-14)10-15-16(22)20-18(24)21(17(15)23)13-6-4-12(19)5-7-13/h2-10H,1H3,(H,20,22,24). The minimum atomic E-state index is -0.785. The summed E-state index contributed by atoms with van der Waals surface area (Å²) in [6.45, 7) is 0. The quantitative estimate of drug-likeness (QED) is 0.506. The number of benzene rings is 2. The number of imide groups is 2.